The number of halogens is 2. The van der Waals surface area contributed by atoms with Crippen molar-refractivity contribution in [1.82, 2.24) is 14.8 Å². The fraction of sp³-hybridized carbons (Fsp3) is 0.0476. The van der Waals surface area contributed by atoms with Crippen molar-refractivity contribution in [3.05, 3.63) is 93.4 Å². The lowest BCUT2D eigenvalue weighted by atomic mass is 10.1. The normalized spacial score (nSPS) is 10.8. The van der Waals surface area contributed by atoms with Crippen LogP contribution in [0, 0.1) is 0 Å². The van der Waals surface area contributed by atoms with Crippen molar-refractivity contribution in [2.45, 2.75) is 6.54 Å². The zero-order valence-corrected chi connectivity index (χ0v) is 17.0. The summed E-state index contributed by atoms with van der Waals surface area (Å²) in [5.41, 5.74) is 3.30. The average Bonchev–Trinajstić information content (AvgIpc) is 3.07. The van der Waals surface area contributed by atoms with Crippen LogP contribution >= 0.6 is 31.9 Å². The largest absolute Gasteiger partial charge is 0.303 e. The maximum atomic E-state index is 4.50. The second-order valence-corrected chi connectivity index (χ2v) is 7.76. The Morgan fingerprint density at radius 1 is 0.615 bits per heavy atom. The summed E-state index contributed by atoms with van der Waals surface area (Å²) in [6.07, 6.45) is 0. The molecule has 3 nitrogen and oxygen atoms in total. The van der Waals surface area contributed by atoms with E-state index in [1.54, 1.807) is 0 Å². The zero-order chi connectivity index (χ0) is 17.9. The second kappa shape index (κ2) is 7.56. The van der Waals surface area contributed by atoms with Crippen LogP contribution in [0.15, 0.2) is 87.8 Å². The van der Waals surface area contributed by atoms with Gasteiger partial charge in [-0.2, -0.15) is 0 Å². The number of benzene rings is 3. The van der Waals surface area contributed by atoms with E-state index in [1.165, 1.54) is 5.56 Å². The molecule has 0 aliphatic carbocycles. The molecule has 0 saturated heterocycles. The first-order valence-electron chi connectivity index (χ1n) is 8.20. The van der Waals surface area contributed by atoms with Gasteiger partial charge < -0.3 is 4.57 Å². The van der Waals surface area contributed by atoms with Crippen molar-refractivity contribution in [3.63, 3.8) is 0 Å². The van der Waals surface area contributed by atoms with E-state index in [0.717, 1.165) is 31.7 Å². The van der Waals surface area contributed by atoms with Gasteiger partial charge in [0.2, 0.25) is 0 Å². The molecule has 0 unspecified atom stereocenters. The molecule has 1 aromatic heterocycles. The Kier molecular flexibility index (Phi) is 5.00. The molecule has 3 aromatic carbocycles. The van der Waals surface area contributed by atoms with Gasteiger partial charge in [-0.25, -0.2) is 0 Å². The molecule has 0 aliphatic heterocycles. The van der Waals surface area contributed by atoms with Crippen LogP contribution in [0.4, 0.5) is 0 Å². The molecule has 0 amide bonds. The van der Waals surface area contributed by atoms with Crippen molar-refractivity contribution in [2.24, 2.45) is 0 Å². The van der Waals surface area contributed by atoms with Crippen molar-refractivity contribution in [3.8, 4) is 22.8 Å². The molecule has 26 heavy (non-hydrogen) atoms. The lowest BCUT2D eigenvalue weighted by molar-refractivity contribution is 0.812. The van der Waals surface area contributed by atoms with Gasteiger partial charge in [0.15, 0.2) is 11.6 Å². The van der Waals surface area contributed by atoms with Gasteiger partial charge in [0.05, 0.1) is 6.54 Å². The van der Waals surface area contributed by atoms with Crippen molar-refractivity contribution >= 4 is 31.9 Å². The number of hydrogen-bond acceptors (Lipinski definition) is 2. The number of aromatic nitrogens is 3. The highest BCUT2D eigenvalue weighted by Crippen LogP contribution is 2.27. The second-order valence-electron chi connectivity index (χ2n) is 5.93. The third-order valence-corrected chi connectivity index (χ3v) is 5.20. The SMILES string of the molecule is Brc1ccc(-c2nnc(-c3ccc(Br)cc3)n2Cc2ccccc2)cc1. The zero-order valence-electron chi connectivity index (χ0n) is 13.8. The Morgan fingerprint density at radius 2 is 1.08 bits per heavy atom. The van der Waals surface area contributed by atoms with E-state index in [-0.39, 0.29) is 0 Å². The van der Waals surface area contributed by atoms with Crippen LogP contribution in [-0.4, -0.2) is 14.8 Å². The Hall–Kier alpha value is -2.24. The van der Waals surface area contributed by atoms with Crippen molar-refractivity contribution < 1.29 is 0 Å². The first kappa shape index (κ1) is 17.2. The van der Waals surface area contributed by atoms with E-state index in [9.17, 15) is 0 Å². The quantitative estimate of drug-likeness (QED) is 0.357. The predicted octanol–water partition coefficient (Wildman–Crippen LogP) is 6.19. The van der Waals surface area contributed by atoms with E-state index in [4.69, 9.17) is 0 Å². The van der Waals surface area contributed by atoms with Crippen LogP contribution in [0.5, 0.6) is 0 Å². The Balaban J connectivity index is 1.83. The molecule has 0 saturated carbocycles. The molecule has 0 spiro atoms. The first-order chi connectivity index (χ1) is 12.7. The van der Waals surface area contributed by atoms with Crippen LogP contribution in [0.2, 0.25) is 0 Å². The molecular weight excluding hydrogens is 454 g/mol. The van der Waals surface area contributed by atoms with Gasteiger partial charge in [-0.1, -0.05) is 86.5 Å². The summed E-state index contributed by atoms with van der Waals surface area (Å²) in [4.78, 5) is 0. The summed E-state index contributed by atoms with van der Waals surface area (Å²) in [6.45, 7) is 0.713. The van der Waals surface area contributed by atoms with E-state index in [0.29, 0.717) is 6.54 Å². The summed E-state index contributed by atoms with van der Waals surface area (Å²) in [5, 5.41) is 8.99. The Labute approximate surface area is 169 Å². The van der Waals surface area contributed by atoms with Gasteiger partial charge in [-0.3, -0.25) is 0 Å². The molecule has 0 atom stereocenters. The summed E-state index contributed by atoms with van der Waals surface area (Å²) in [5.74, 6) is 1.72. The standard InChI is InChI=1S/C21H15Br2N3/c22-18-10-6-16(7-11-18)20-24-25-21(17-8-12-19(23)13-9-17)26(20)14-15-4-2-1-3-5-15/h1-13H,14H2. The van der Waals surface area contributed by atoms with E-state index in [1.807, 2.05) is 30.3 Å². The van der Waals surface area contributed by atoms with Crippen LogP contribution in [0.1, 0.15) is 5.56 Å². The monoisotopic (exact) mass is 467 g/mol. The molecule has 0 aliphatic rings. The third-order valence-electron chi connectivity index (χ3n) is 4.14. The van der Waals surface area contributed by atoms with Crippen LogP contribution in [-0.2, 0) is 6.54 Å². The molecule has 0 bridgehead atoms. The lowest BCUT2D eigenvalue weighted by Crippen LogP contribution is -2.04. The minimum absolute atomic E-state index is 0.713. The minimum Gasteiger partial charge on any atom is -0.303 e. The maximum absolute atomic E-state index is 4.50. The van der Waals surface area contributed by atoms with E-state index in [2.05, 4.69) is 95.2 Å². The fourth-order valence-corrected chi connectivity index (χ4v) is 3.37. The molecule has 5 heteroatoms. The highest BCUT2D eigenvalue weighted by molar-refractivity contribution is 9.10. The third kappa shape index (κ3) is 3.64. The predicted molar refractivity (Wildman–Crippen MR) is 112 cm³/mol. The van der Waals surface area contributed by atoms with Crippen molar-refractivity contribution in [1.29, 1.82) is 0 Å². The number of rotatable bonds is 4. The highest BCUT2D eigenvalue weighted by atomic mass is 79.9. The number of nitrogens with zero attached hydrogens (tertiary/aromatic N) is 3. The van der Waals surface area contributed by atoms with Crippen LogP contribution in [0.3, 0.4) is 0 Å². The van der Waals surface area contributed by atoms with Gasteiger partial charge in [0, 0.05) is 20.1 Å². The van der Waals surface area contributed by atoms with E-state index < -0.39 is 0 Å². The summed E-state index contributed by atoms with van der Waals surface area (Å²) in [7, 11) is 0. The first-order valence-corrected chi connectivity index (χ1v) is 9.78. The van der Waals surface area contributed by atoms with Gasteiger partial charge in [-0.15, -0.1) is 10.2 Å². The van der Waals surface area contributed by atoms with Crippen LogP contribution < -0.4 is 0 Å². The highest BCUT2D eigenvalue weighted by Gasteiger charge is 2.16. The topological polar surface area (TPSA) is 30.7 Å². The maximum Gasteiger partial charge on any atom is 0.164 e. The van der Waals surface area contributed by atoms with Gasteiger partial charge in [0.1, 0.15) is 0 Å². The van der Waals surface area contributed by atoms with Gasteiger partial charge in [0.25, 0.3) is 0 Å². The number of hydrogen-bond donors (Lipinski definition) is 0. The lowest BCUT2D eigenvalue weighted by Gasteiger charge is -2.11. The van der Waals surface area contributed by atoms with E-state index >= 15 is 0 Å². The minimum atomic E-state index is 0.713. The molecule has 0 fully saturated rings. The fourth-order valence-electron chi connectivity index (χ4n) is 2.84. The molecule has 1 heterocycles. The molecular formula is C21H15Br2N3. The summed E-state index contributed by atoms with van der Waals surface area (Å²) in [6, 6.07) is 26.7. The summed E-state index contributed by atoms with van der Waals surface area (Å²) < 4.78 is 4.26. The molecule has 128 valence electrons. The Morgan fingerprint density at radius 3 is 1.54 bits per heavy atom. The molecule has 0 radical (unpaired) electrons. The average molecular weight is 469 g/mol. The Bertz CT molecular complexity index is 945. The van der Waals surface area contributed by atoms with Crippen LogP contribution in [0.25, 0.3) is 22.8 Å². The summed E-state index contributed by atoms with van der Waals surface area (Å²) >= 11 is 6.98. The molecule has 4 aromatic rings. The molecule has 0 N–H and O–H groups in total. The van der Waals surface area contributed by atoms with Gasteiger partial charge in [-0.05, 0) is 29.8 Å². The van der Waals surface area contributed by atoms with Gasteiger partial charge >= 0.3 is 0 Å². The van der Waals surface area contributed by atoms with Crippen molar-refractivity contribution in [2.75, 3.05) is 0 Å². The smallest absolute Gasteiger partial charge is 0.164 e. The molecule has 4 rings (SSSR count).